The second kappa shape index (κ2) is 4.81. The third-order valence-electron chi connectivity index (χ3n) is 2.91. The number of aryl methyl sites for hydroxylation is 1. The van der Waals surface area contributed by atoms with Crippen LogP contribution in [0.3, 0.4) is 0 Å². The molecule has 0 bridgehead atoms. The predicted molar refractivity (Wildman–Crippen MR) is 79.3 cm³/mol. The van der Waals surface area contributed by atoms with Crippen molar-refractivity contribution in [3.63, 3.8) is 0 Å². The maximum Gasteiger partial charge on any atom is 0.300 e. The minimum absolute atomic E-state index is 0.0283. The Balaban J connectivity index is 2.35. The number of nitrogens with zero attached hydrogens (tertiary/aromatic N) is 3. The van der Waals surface area contributed by atoms with E-state index in [1.54, 1.807) is 0 Å². The molecular weight excluding hydrogens is 298 g/mol. The molecule has 0 N–H and O–H groups in total. The maximum atomic E-state index is 11.4. The molecule has 0 spiro atoms. The molecule has 5 nitrogen and oxygen atoms in total. The van der Waals surface area contributed by atoms with E-state index in [2.05, 4.69) is 9.97 Å². The van der Waals surface area contributed by atoms with Crippen molar-refractivity contribution in [1.29, 1.82) is 0 Å². The lowest BCUT2D eigenvalue weighted by atomic mass is 10.1. The fourth-order valence-electron chi connectivity index (χ4n) is 1.96. The van der Waals surface area contributed by atoms with Crippen molar-refractivity contribution < 1.29 is 4.92 Å². The highest BCUT2D eigenvalue weighted by Crippen LogP contribution is 2.45. The molecule has 2 heterocycles. The SMILES string of the molecule is Cc1ccc(-c2sc3ncnc(Cl)c3c2[N+](=O)[O-])cc1. The van der Waals surface area contributed by atoms with E-state index in [4.69, 9.17) is 11.6 Å². The molecule has 0 atom stereocenters. The van der Waals surface area contributed by atoms with Crippen LogP contribution < -0.4 is 0 Å². The summed E-state index contributed by atoms with van der Waals surface area (Å²) in [7, 11) is 0. The molecule has 100 valence electrons. The van der Waals surface area contributed by atoms with E-state index < -0.39 is 4.92 Å². The van der Waals surface area contributed by atoms with Crippen LogP contribution >= 0.6 is 22.9 Å². The van der Waals surface area contributed by atoms with Gasteiger partial charge in [-0.1, -0.05) is 41.4 Å². The summed E-state index contributed by atoms with van der Waals surface area (Å²) >= 11 is 7.23. The van der Waals surface area contributed by atoms with Crippen LogP contribution in [0.25, 0.3) is 20.7 Å². The summed E-state index contributed by atoms with van der Waals surface area (Å²) in [5.41, 5.74) is 1.84. The summed E-state index contributed by atoms with van der Waals surface area (Å²) in [5, 5.41) is 11.8. The van der Waals surface area contributed by atoms with Gasteiger partial charge in [0.25, 0.3) is 5.69 Å². The first-order valence-electron chi connectivity index (χ1n) is 5.72. The minimum Gasteiger partial charge on any atom is -0.258 e. The molecule has 20 heavy (non-hydrogen) atoms. The van der Waals surface area contributed by atoms with Crippen molar-refractivity contribution >= 4 is 38.8 Å². The van der Waals surface area contributed by atoms with Gasteiger partial charge in [-0.25, -0.2) is 9.97 Å². The molecule has 0 fully saturated rings. The van der Waals surface area contributed by atoms with Gasteiger partial charge in [-0.2, -0.15) is 0 Å². The molecule has 7 heteroatoms. The molecule has 0 aliphatic carbocycles. The van der Waals surface area contributed by atoms with Gasteiger partial charge in [0.2, 0.25) is 0 Å². The van der Waals surface area contributed by atoms with E-state index in [-0.39, 0.29) is 10.8 Å². The standard InChI is InChI=1S/C13H8ClN3O2S/c1-7-2-4-8(5-3-7)11-10(17(18)19)9-12(14)15-6-16-13(9)20-11/h2-6H,1H3. The van der Waals surface area contributed by atoms with Crippen LogP contribution in [0.4, 0.5) is 5.69 Å². The molecule has 0 saturated heterocycles. The fourth-order valence-corrected chi connectivity index (χ4v) is 3.35. The maximum absolute atomic E-state index is 11.4. The summed E-state index contributed by atoms with van der Waals surface area (Å²) in [6.45, 7) is 1.96. The lowest BCUT2D eigenvalue weighted by molar-refractivity contribution is -0.382. The summed E-state index contributed by atoms with van der Waals surface area (Å²) in [5.74, 6) is 0. The first-order valence-corrected chi connectivity index (χ1v) is 6.92. The van der Waals surface area contributed by atoms with Crippen molar-refractivity contribution in [2.75, 3.05) is 0 Å². The van der Waals surface area contributed by atoms with E-state index >= 15 is 0 Å². The van der Waals surface area contributed by atoms with Crippen molar-refractivity contribution in [2.45, 2.75) is 6.92 Å². The van der Waals surface area contributed by atoms with E-state index in [1.165, 1.54) is 17.7 Å². The van der Waals surface area contributed by atoms with Crippen LogP contribution in [0.2, 0.25) is 5.15 Å². The Morgan fingerprint density at radius 1 is 1.25 bits per heavy atom. The summed E-state index contributed by atoms with van der Waals surface area (Å²) in [6.07, 6.45) is 1.31. The van der Waals surface area contributed by atoms with Gasteiger partial charge in [0.05, 0.1) is 4.92 Å². The van der Waals surface area contributed by atoms with Crippen LogP contribution in [-0.4, -0.2) is 14.9 Å². The monoisotopic (exact) mass is 305 g/mol. The lowest BCUT2D eigenvalue weighted by Crippen LogP contribution is -1.90. The number of nitro groups is 1. The minimum atomic E-state index is -0.427. The quantitative estimate of drug-likeness (QED) is 0.403. The second-order valence-electron chi connectivity index (χ2n) is 4.25. The smallest absolute Gasteiger partial charge is 0.258 e. The Labute approximate surface area is 123 Å². The Morgan fingerprint density at radius 2 is 1.95 bits per heavy atom. The van der Waals surface area contributed by atoms with E-state index in [1.807, 2.05) is 31.2 Å². The zero-order chi connectivity index (χ0) is 14.3. The van der Waals surface area contributed by atoms with Crippen molar-refractivity contribution in [1.82, 2.24) is 9.97 Å². The molecule has 3 rings (SSSR count). The third-order valence-corrected chi connectivity index (χ3v) is 4.34. The van der Waals surface area contributed by atoms with Gasteiger partial charge in [0, 0.05) is 0 Å². The Bertz CT molecular complexity index is 814. The fraction of sp³-hybridized carbons (Fsp3) is 0.0769. The normalized spacial score (nSPS) is 10.9. The first kappa shape index (κ1) is 13.0. The number of hydrogen-bond donors (Lipinski definition) is 0. The number of aromatic nitrogens is 2. The molecule has 0 aliphatic rings. The summed E-state index contributed by atoms with van der Waals surface area (Å²) < 4.78 is 0. The van der Waals surface area contributed by atoms with E-state index in [0.717, 1.165) is 11.1 Å². The number of fused-ring (bicyclic) bond motifs is 1. The molecule has 2 aromatic heterocycles. The zero-order valence-corrected chi connectivity index (χ0v) is 11.9. The van der Waals surface area contributed by atoms with E-state index in [0.29, 0.717) is 15.1 Å². The van der Waals surface area contributed by atoms with Gasteiger partial charge < -0.3 is 0 Å². The summed E-state index contributed by atoms with van der Waals surface area (Å²) in [6, 6.07) is 7.54. The van der Waals surface area contributed by atoms with Crippen molar-refractivity contribution in [2.24, 2.45) is 0 Å². The molecule has 0 unspecified atom stereocenters. The van der Waals surface area contributed by atoms with Gasteiger partial charge in [-0.15, -0.1) is 11.3 Å². The van der Waals surface area contributed by atoms with Gasteiger partial charge in [-0.3, -0.25) is 10.1 Å². The molecule has 0 radical (unpaired) electrons. The average molecular weight is 306 g/mol. The summed E-state index contributed by atoms with van der Waals surface area (Å²) in [4.78, 5) is 19.9. The van der Waals surface area contributed by atoms with Crippen LogP contribution in [-0.2, 0) is 0 Å². The Hall–Kier alpha value is -2.05. The molecule has 3 aromatic rings. The molecule has 1 aromatic carbocycles. The van der Waals surface area contributed by atoms with Crippen molar-refractivity contribution in [3.05, 3.63) is 51.4 Å². The third kappa shape index (κ3) is 2.03. The number of benzene rings is 1. The topological polar surface area (TPSA) is 68.9 Å². The highest BCUT2D eigenvalue weighted by Gasteiger charge is 2.26. The Morgan fingerprint density at radius 3 is 2.60 bits per heavy atom. The number of hydrogen-bond acceptors (Lipinski definition) is 5. The lowest BCUT2D eigenvalue weighted by Gasteiger charge is -1.98. The van der Waals surface area contributed by atoms with E-state index in [9.17, 15) is 10.1 Å². The van der Waals surface area contributed by atoms with Crippen LogP contribution in [0.15, 0.2) is 30.6 Å². The highest BCUT2D eigenvalue weighted by molar-refractivity contribution is 7.22. The van der Waals surface area contributed by atoms with Crippen LogP contribution in [0, 0.1) is 17.0 Å². The van der Waals surface area contributed by atoms with Crippen LogP contribution in [0.5, 0.6) is 0 Å². The molecular formula is C13H8ClN3O2S. The molecule has 0 amide bonds. The largest absolute Gasteiger partial charge is 0.300 e. The second-order valence-corrected chi connectivity index (χ2v) is 5.60. The van der Waals surface area contributed by atoms with Crippen LogP contribution in [0.1, 0.15) is 5.56 Å². The zero-order valence-electron chi connectivity index (χ0n) is 10.3. The number of thiophene rings is 1. The van der Waals surface area contributed by atoms with Crippen molar-refractivity contribution in [3.8, 4) is 10.4 Å². The highest BCUT2D eigenvalue weighted by atomic mass is 35.5. The van der Waals surface area contributed by atoms with Gasteiger partial charge in [0.1, 0.15) is 26.6 Å². The molecule has 0 saturated carbocycles. The molecule has 0 aliphatic heterocycles. The van der Waals surface area contributed by atoms with Gasteiger partial charge in [0.15, 0.2) is 0 Å². The number of halogens is 1. The van der Waals surface area contributed by atoms with Gasteiger partial charge >= 0.3 is 0 Å². The first-order chi connectivity index (χ1) is 9.58. The number of rotatable bonds is 2. The average Bonchev–Trinajstić information content (AvgIpc) is 2.80. The predicted octanol–water partition coefficient (Wildman–Crippen LogP) is 4.23. The Kier molecular flexibility index (Phi) is 3.11. The van der Waals surface area contributed by atoms with Gasteiger partial charge in [-0.05, 0) is 12.5 Å².